The Morgan fingerprint density at radius 2 is 2.27 bits per heavy atom. The number of carbonyl (C=O) groups excluding carboxylic acids is 1. The predicted octanol–water partition coefficient (Wildman–Crippen LogP) is 0.847. The zero-order valence-corrected chi connectivity index (χ0v) is 13.2. The molecule has 2 N–H and O–H groups in total. The molecule has 0 radical (unpaired) electrons. The van der Waals surface area contributed by atoms with Crippen molar-refractivity contribution in [3.8, 4) is 11.3 Å². The summed E-state index contributed by atoms with van der Waals surface area (Å²) in [6.07, 6.45) is 3.56. The third kappa shape index (κ3) is 3.32. The minimum absolute atomic E-state index is 0.124. The van der Waals surface area contributed by atoms with Gasteiger partial charge in [0.05, 0.1) is 11.4 Å². The van der Waals surface area contributed by atoms with E-state index in [1.807, 2.05) is 17.5 Å². The normalized spacial score (nSPS) is 18.9. The quantitative estimate of drug-likeness (QED) is 0.889. The van der Waals surface area contributed by atoms with Gasteiger partial charge < -0.3 is 0 Å². The minimum Gasteiger partial charge on any atom is -0.288 e. The Balaban J connectivity index is 1.78. The number of hydrogen-bond donors (Lipinski definition) is 1. The third-order valence-corrected chi connectivity index (χ3v) is 5.15. The number of carbonyl (C=O) groups is 1. The zero-order valence-electron chi connectivity index (χ0n) is 11.5. The van der Waals surface area contributed by atoms with Gasteiger partial charge in [0.15, 0.2) is 5.13 Å². The van der Waals surface area contributed by atoms with Gasteiger partial charge in [-0.1, -0.05) is 0 Å². The number of rotatable bonds is 4. The van der Waals surface area contributed by atoms with Crippen molar-refractivity contribution in [1.29, 1.82) is 0 Å². The molecule has 1 atom stereocenters. The molecule has 0 spiro atoms. The van der Waals surface area contributed by atoms with Crippen molar-refractivity contribution in [3.63, 3.8) is 0 Å². The van der Waals surface area contributed by atoms with Crippen LogP contribution in [0.3, 0.4) is 0 Å². The molecule has 1 aliphatic rings. The second-order valence-corrected chi connectivity index (χ2v) is 7.66. The van der Waals surface area contributed by atoms with Crippen LogP contribution in [0, 0.1) is 5.92 Å². The second-order valence-electron chi connectivity index (χ2n) is 5.16. The van der Waals surface area contributed by atoms with Gasteiger partial charge in [0.25, 0.3) is 0 Å². The molecule has 9 heteroatoms. The van der Waals surface area contributed by atoms with Crippen LogP contribution in [0.1, 0.15) is 6.42 Å². The Morgan fingerprint density at radius 1 is 1.45 bits per heavy atom. The average Bonchev–Trinajstić information content (AvgIpc) is 3.05. The fraction of sp³-hybridized carbons (Fsp3) is 0.308. The number of anilines is 1. The predicted molar refractivity (Wildman–Crippen MR) is 83.8 cm³/mol. The summed E-state index contributed by atoms with van der Waals surface area (Å²) in [7, 11) is -3.58. The number of nitrogens with zero attached hydrogens (tertiary/aromatic N) is 3. The number of nitrogens with two attached hydrogens (primary N) is 1. The van der Waals surface area contributed by atoms with Crippen molar-refractivity contribution in [2.45, 2.75) is 6.42 Å². The summed E-state index contributed by atoms with van der Waals surface area (Å²) in [4.78, 5) is 22.1. The first kappa shape index (κ1) is 15.1. The lowest BCUT2D eigenvalue weighted by molar-refractivity contribution is -0.117. The van der Waals surface area contributed by atoms with Gasteiger partial charge in [0.1, 0.15) is 0 Å². The monoisotopic (exact) mass is 338 g/mol. The van der Waals surface area contributed by atoms with E-state index in [1.165, 1.54) is 16.2 Å². The highest BCUT2D eigenvalue weighted by Gasteiger charge is 2.34. The Kier molecular flexibility index (Phi) is 3.94. The van der Waals surface area contributed by atoms with Crippen molar-refractivity contribution >= 4 is 32.4 Å². The van der Waals surface area contributed by atoms with E-state index in [0.29, 0.717) is 11.7 Å². The van der Waals surface area contributed by atoms with Crippen LogP contribution < -0.4 is 10.0 Å². The fourth-order valence-electron chi connectivity index (χ4n) is 2.44. The number of thiazole rings is 1. The van der Waals surface area contributed by atoms with Crippen molar-refractivity contribution in [3.05, 3.63) is 29.9 Å². The number of pyridine rings is 1. The van der Waals surface area contributed by atoms with Gasteiger partial charge in [-0.3, -0.25) is 14.7 Å². The first-order chi connectivity index (χ1) is 10.4. The number of primary sulfonamides is 1. The molecule has 1 unspecified atom stereocenters. The molecule has 1 amide bonds. The summed E-state index contributed by atoms with van der Waals surface area (Å²) in [6.45, 7) is 0.329. The number of aromatic nitrogens is 2. The Morgan fingerprint density at radius 3 is 2.95 bits per heavy atom. The standard InChI is InChI=1S/C13H14N4O3S2/c14-22(19,20)8-9-4-12(18)17(6-9)13-16-11(7-21-13)10-2-1-3-15-5-10/h1-3,5,7,9H,4,6,8H2,(H2,14,19,20). The maximum absolute atomic E-state index is 12.1. The van der Waals surface area contributed by atoms with Gasteiger partial charge in [-0.15, -0.1) is 11.3 Å². The smallest absolute Gasteiger partial charge is 0.229 e. The Bertz CT molecular complexity index is 789. The maximum Gasteiger partial charge on any atom is 0.229 e. The summed E-state index contributed by atoms with van der Waals surface area (Å²) in [6, 6.07) is 3.71. The Hall–Kier alpha value is -1.84. The molecule has 22 heavy (non-hydrogen) atoms. The molecular formula is C13H14N4O3S2. The van der Waals surface area contributed by atoms with E-state index in [1.54, 1.807) is 12.4 Å². The summed E-state index contributed by atoms with van der Waals surface area (Å²) < 4.78 is 22.3. The molecule has 0 aromatic carbocycles. The number of sulfonamides is 1. The molecule has 2 aromatic rings. The lowest BCUT2D eigenvalue weighted by Gasteiger charge is -2.12. The number of amides is 1. The van der Waals surface area contributed by atoms with E-state index < -0.39 is 10.0 Å². The van der Waals surface area contributed by atoms with Gasteiger partial charge in [-0.2, -0.15) is 0 Å². The SMILES string of the molecule is NS(=O)(=O)CC1CC(=O)N(c2nc(-c3cccnc3)cs2)C1. The van der Waals surface area contributed by atoms with E-state index in [9.17, 15) is 13.2 Å². The van der Waals surface area contributed by atoms with Crippen molar-refractivity contribution in [2.75, 3.05) is 17.2 Å². The molecule has 7 nitrogen and oxygen atoms in total. The minimum atomic E-state index is -3.58. The van der Waals surface area contributed by atoms with Crippen molar-refractivity contribution < 1.29 is 13.2 Å². The first-order valence-corrected chi connectivity index (χ1v) is 9.18. The van der Waals surface area contributed by atoms with Crippen LogP contribution >= 0.6 is 11.3 Å². The fourth-order valence-corrected chi connectivity index (χ4v) is 4.18. The lowest BCUT2D eigenvalue weighted by atomic mass is 10.1. The molecule has 3 heterocycles. The van der Waals surface area contributed by atoms with Crippen LogP contribution in [-0.2, 0) is 14.8 Å². The van der Waals surface area contributed by atoms with Crippen LogP contribution in [0.2, 0.25) is 0 Å². The van der Waals surface area contributed by atoms with Crippen LogP contribution in [-0.4, -0.2) is 36.6 Å². The van der Waals surface area contributed by atoms with E-state index in [0.717, 1.165) is 11.3 Å². The molecule has 2 aromatic heterocycles. The molecule has 1 saturated heterocycles. The highest BCUT2D eigenvalue weighted by atomic mass is 32.2. The maximum atomic E-state index is 12.1. The Labute approximate surface area is 131 Å². The van der Waals surface area contributed by atoms with Crippen LogP contribution in [0.15, 0.2) is 29.9 Å². The highest BCUT2D eigenvalue weighted by molar-refractivity contribution is 7.89. The molecule has 0 bridgehead atoms. The van der Waals surface area contributed by atoms with Gasteiger partial charge in [0.2, 0.25) is 15.9 Å². The average molecular weight is 338 g/mol. The van der Waals surface area contributed by atoms with Crippen molar-refractivity contribution in [1.82, 2.24) is 9.97 Å². The van der Waals surface area contributed by atoms with Crippen LogP contribution in [0.4, 0.5) is 5.13 Å². The molecule has 0 aliphatic carbocycles. The van der Waals surface area contributed by atoms with E-state index >= 15 is 0 Å². The summed E-state index contributed by atoms with van der Waals surface area (Å²) in [5, 5.41) is 7.47. The molecule has 0 saturated carbocycles. The van der Waals surface area contributed by atoms with E-state index in [-0.39, 0.29) is 24.0 Å². The van der Waals surface area contributed by atoms with Gasteiger partial charge >= 0.3 is 0 Å². The molecule has 1 fully saturated rings. The molecule has 3 rings (SSSR count). The van der Waals surface area contributed by atoms with E-state index in [4.69, 9.17) is 5.14 Å². The number of hydrogen-bond acceptors (Lipinski definition) is 6. The second kappa shape index (κ2) is 5.75. The summed E-state index contributed by atoms with van der Waals surface area (Å²) >= 11 is 1.35. The van der Waals surface area contributed by atoms with Crippen LogP contribution in [0.5, 0.6) is 0 Å². The molecule has 1 aliphatic heterocycles. The first-order valence-electron chi connectivity index (χ1n) is 6.59. The molecule has 116 valence electrons. The van der Waals surface area contributed by atoms with E-state index in [2.05, 4.69) is 9.97 Å². The third-order valence-electron chi connectivity index (χ3n) is 3.35. The summed E-state index contributed by atoms with van der Waals surface area (Å²) in [5.41, 5.74) is 1.62. The lowest BCUT2D eigenvalue weighted by Crippen LogP contribution is -2.27. The zero-order chi connectivity index (χ0) is 15.7. The molecular weight excluding hydrogens is 324 g/mol. The van der Waals surface area contributed by atoms with Gasteiger partial charge in [-0.25, -0.2) is 18.5 Å². The highest BCUT2D eigenvalue weighted by Crippen LogP contribution is 2.31. The summed E-state index contributed by atoms with van der Waals surface area (Å²) in [5.74, 6) is -0.593. The largest absolute Gasteiger partial charge is 0.288 e. The van der Waals surface area contributed by atoms with Crippen molar-refractivity contribution in [2.24, 2.45) is 11.1 Å². The van der Waals surface area contributed by atoms with Gasteiger partial charge in [0, 0.05) is 42.2 Å². The van der Waals surface area contributed by atoms with Crippen LogP contribution in [0.25, 0.3) is 11.3 Å². The van der Waals surface area contributed by atoms with Gasteiger partial charge in [-0.05, 0) is 12.1 Å². The topological polar surface area (TPSA) is 106 Å².